The number of rotatable bonds is 12. The molecule has 0 saturated carbocycles. The highest BCUT2D eigenvalue weighted by molar-refractivity contribution is 6.67. The zero-order valence-electron chi connectivity index (χ0n) is 13.4. The molecule has 5 heteroatoms. The maximum absolute atomic E-state index is 11.2. The lowest BCUT2D eigenvalue weighted by molar-refractivity contribution is -0.137. The van der Waals surface area contributed by atoms with Crippen LogP contribution in [0.15, 0.2) is 12.2 Å². The van der Waals surface area contributed by atoms with E-state index in [4.69, 9.17) is 13.6 Å². The topological polar surface area (TPSA) is 44.8 Å². The van der Waals surface area contributed by atoms with Crippen molar-refractivity contribution < 1.29 is 18.4 Å². The average Bonchev–Trinajstić information content (AvgIpc) is 2.42. The maximum atomic E-state index is 11.2. The molecule has 0 aliphatic heterocycles. The molecule has 0 aromatic carbocycles. The van der Waals surface area contributed by atoms with Crippen LogP contribution in [0.25, 0.3) is 0 Å². The van der Waals surface area contributed by atoms with Crippen molar-refractivity contribution in [3.05, 3.63) is 12.2 Å². The first-order valence-corrected chi connectivity index (χ1v) is 9.94. The summed E-state index contributed by atoms with van der Waals surface area (Å²) in [6.45, 7) is 9.81. The van der Waals surface area contributed by atoms with E-state index in [1.54, 1.807) is 13.0 Å². The third kappa shape index (κ3) is 8.50. The van der Waals surface area contributed by atoms with Gasteiger partial charge in [-0.2, -0.15) is 0 Å². The van der Waals surface area contributed by atoms with Gasteiger partial charge in [0.25, 0.3) is 0 Å². The van der Waals surface area contributed by atoms with Crippen LogP contribution in [0, 0.1) is 0 Å². The highest BCUT2D eigenvalue weighted by atomic mass is 28.4. The first-order chi connectivity index (χ1) is 9.64. The lowest BCUT2D eigenvalue weighted by Crippen LogP contribution is -2.42. The van der Waals surface area contributed by atoms with Crippen molar-refractivity contribution >= 4 is 14.5 Å². The molecule has 0 saturated heterocycles. The second-order valence-corrected chi connectivity index (χ2v) is 8.05. The minimum atomic E-state index is -2.12. The Bertz CT molecular complexity index is 273. The Morgan fingerprint density at radius 2 is 1.65 bits per heavy atom. The summed E-state index contributed by atoms with van der Waals surface area (Å²) in [6, 6.07) is 1.91. The summed E-state index contributed by atoms with van der Waals surface area (Å²) in [5, 5.41) is 0. The molecule has 0 fully saturated rings. The molecule has 0 aliphatic rings. The van der Waals surface area contributed by atoms with E-state index >= 15 is 0 Å². The monoisotopic (exact) mass is 302 g/mol. The molecule has 118 valence electrons. The molecular formula is C15H30O4Si. The largest absolute Gasteiger partial charge is 0.463 e. The Labute approximate surface area is 124 Å². The first-order valence-electron chi connectivity index (χ1n) is 7.71. The minimum Gasteiger partial charge on any atom is -0.463 e. The van der Waals surface area contributed by atoms with Crippen LogP contribution in [0.5, 0.6) is 0 Å². The van der Waals surface area contributed by atoms with Crippen LogP contribution >= 0.6 is 0 Å². The molecular weight excluding hydrogens is 272 g/mol. The van der Waals surface area contributed by atoms with E-state index < -0.39 is 8.56 Å². The standard InChI is InChI=1S/C15H30O4Si/c1-5-9-13-20(18-7-3,19-8-4)14-10-12-17-15(16)11-6-2/h6,11H,5,7-10,12-14H2,1-4H3. The number of esters is 1. The summed E-state index contributed by atoms with van der Waals surface area (Å²) in [6.07, 6.45) is 6.20. The molecule has 0 unspecified atom stereocenters. The zero-order chi connectivity index (χ0) is 15.3. The summed E-state index contributed by atoms with van der Waals surface area (Å²) in [7, 11) is -2.12. The van der Waals surface area contributed by atoms with E-state index in [9.17, 15) is 4.79 Å². The van der Waals surface area contributed by atoms with Crippen molar-refractivity contribution in [3.8, 4) is 0 Å². The molecule has 0 aromatic heterocycles. The number of carbonyl (C=O) groups is 1. The van der Waals surface area contributed by atoms with E-state index in [2.05, 4.69) is 6.92 Å². The normalized spacial score (nSPS) is 12.0. The van der Waals surface area contributed by atoms with Crippen LogP contribution < -0.4 is 0 Å². The van der Waals surface area contributed by atoms with Gasteiger partial charge in [-0.1, -0.05) is 25.8 Å². The average molecular weight is 302 g/mol. The molecule has 0 aliphatic carbocycles. The number of hydrogen-bond acceptors (Lipinski definition) is 4. The Morgan fingerprint density at radius 1 is 1.05 bits per heavy atom. The molecule has 0 N–H and O–H groups in total. The Hall–Kier alpha value is -0.653. The third-order valence-corrected chi connectivity index (χ3v) is 6.84. The molecule has 0 rings (SSSR count). The predicted octanol–water partition coefficient (Wildman–Crippen LogP) is 3.81. The zero-order valence-corrected chi connectivity index (χ0v) is 14.4. The van der Waals surface area contributed by atoms with Crippen molar-refractivity contribution in [2.75, 3.05) is 19.8 Å². The lowest BCUT2D eigenvalue weighted by atomic mass is 10.4. The van der Waals surface area contributed by atoms with Crippen molar-refractivity contribution in [1.82, 2.24) is 0 Å². The minimum absolute atomic E-state index is 0.277. The van der Waals surface area contributed by atoms with Gasteiger partial charge in [0.15, 0.2) is 0 Å². The maximum Gasteiger partial charge on any atom is 0.338 e. The third-order valence-electron chi connectivity index (χ3n) is 2.98. The quantitative estimate of drug-likeness (QED) is 0.238. The van der Waals surface area contributed by atoms with Gasteiger partial charge in [0, 0.05) is 19.3 Å². The SMILES string of the molecule is CC=CC(=O)OCCC[Si](CCCC)(OCC)OCC. The highest BCUT2D eigenvalue weighted by Gasteiger charge is 2.35. The van der Waals surface area contributed by atoms with Gasteiger partial charge in [-0.25, -0.2) is 4.79 Å². The number of ether oxygens (including phenoxy) is 1. The molecule has 20 heavy (non-hydrogen) atoms. The fourth-order valence-electron chi connectivity index (χ4n) is 2.13. The van der Waals surface area contributed by atoms with Crippen molar-refractivity contribution in [2.24, 2.45) is 0 Å². The van der Waals surface area contributed by atoms with Crippen LogP contribution in [-0.2, 0) is 18.4 Å². The van der Waals surface area contributed by atoms with Crippen LogP contribution in [-0.4, -0.2) is 34.4 Å². The summed E-state index contributed by atoms with van der Waals surface area (Å²) >= 11 is 0. The fourth-order valence-corrected chi connectivity index (χ4v) is 5.66. The number of allylic oxidation sites excluding steroid dienone is 1. The highest BCUT2D eigenvalue weighted by Crippen LogP contribution is 2.24. The molecule has 0 spiro atoms. The molecule has 0 bridgehead atoms. The first kappa shape index (κ1) is 19.3. The fraction of sp³-hybridized carbons (Fsp3) is 0.800. The lowest BCUT2D eigenvalue weighted by Gasteiger charge is -2.30. The van der Waals surface area contributed by atoms with Gasteiger partial charge in [0.1, 0.15) is 0 Å². The summed E-state index contributed by atoms with van der Waals surface area (Å²) in [5.74, 6) is -0.277. The molecule has 0 aromatic rings. The van der Waals surface area contributed by atoms with Crippen LogP contribution in [0.4, 0.5) is 0 Å². The van der Waals surface area contributed by atoms with E-state index in [1.807, 2.05) is 13.8 Å². The van der Waals surface area contributed by atoms with Gasteiger partial charge in [-0.05, 0) is 39.3 Å². The Morgan fingerprint density at radius 3 is 2.15 bits per heavy atom. The molecule has 0 heterocycles. The smallest absolute Gasteiger partial charge is 0.338 e. The van der Waals surface area contributed by atoms with E-state index in [0.717, 1.165) is 31.4 Å². The number of carbonyl (C=O) groups excluding carboxylic acids is 1. The van der Waals surface area contributed by atoms with Crippen LogP contribution in [0.1, 0.15) is 47.0 Å². The molecule has 4 nitrogen and oxygen atoms in total. The van der Waals surface area contributed by atoms with Gasteiger partial charge in [-0.15, -0.1) is 0 Å². The number of hydrogen-bond donors (Lipinski definition) is 0. The second-order valence-electron chi connectivity index (χ2n) is 4.65. The van der Waals surface area contributed by atoms with Crippen molar-refractivity contribution in [2.45, 2.75) is 59.0 Å². The summed E-state index contributed by atoms with van der Waals surface area (Å²) < 4.78 is 17.1. The second kappa shape index (κ2) is 12.1. The molecule has 0 amide bonds. The predicted molar refractivity (Wildman–Crippen MR) is 83.9 cm³/mol. The molecule has 0 radical (unpaired) electrons. The van der Waals surface area contributed by atoms with Gasteiger partial charge in [0.05, 0.1) is 6.61 Å². The van der Waals surface area contributed by atoms with Crippen molar-refractivity contribution in [1.29, 1.82) is 0 Å². The van der Waals surface area contributed by atoms with Gasteiger partial charge < -0.3 is 13.6 Å². The van der Waals surface area contributed by atoms with E-state index in [-0.39, 0.29) is 5.97 Å². The van der Waals surface area contributed by atoms with Crippen LogP contribution in [0.2, 0.25) is 12.1 Å². The van der Waals surface area contributed by atoms with Crippen LogP contribution in [0.3, 0.4) is 0 Å². The Balaban J connectivity index is 4.28. The van der Waals surface area contributed by atoms with E-state index in [0.29, 0.717) is 19.8 Å². The summed E-state index contributed by atoms with van der Waals surface area (Å²) in [4.78, 5) is 11.2. The Kier molecular flexibility index (Phi) is 11.7. The van der Waals surface area contributed by atoms with Gasteiger partial charge >= 0.3 is 14.5 Å². The summed E-state index contributed by atoms with van der Waals surface area (Å²) in [5.41, 5.74) is 0. The molecule has 0 atom stereocenters. The van der Waals surface area contributed by atoms with Crippen molar-refractivity contribution in [3.63, 3.8) is 0 Å². The van der Waals surface area contributed by atoms with Gasteiger partial charge in [-0.3, -0.25) is 0 Å². The van der Waals surface area contributed by atoms with Gasteiger partial charge in [0.2, 0.25) is 0 Å². The van der Waals surface area contributed by atoms with E-state index in [1.165, 1.54) is 6.08 Å². The number of unbranched alkanes of at least 4 members (excludes halogenated alkanes) is 1.